The molecule has 2 aliphatic heterocycles. The molecule has 2 N–H and O–H groups in total. The molecule has 1 unspecified atom stereocenters. The van der Waals surface area contributed by atoms with Crippen LogP contribution in [-0.2, 0) is 19.1 Å². The summed E-state index contributed by atoms with van der Waals surface area (Å²) in [5.74, 6) is -3.73. The normalized spacial score (nSPS) is 17.3. The maximum Gasteiger partial charge on any atom is 0.355 e. The third-order valence-electron chi connectivity index (χ3n) is 6.87. The zero-order valence-corrected chi connectivity index (χ0v) is 22.0. The number of esters is 2. The van der Waals surface area contributed by atoms with Crippen molar-refractivity contribution < 1.29 is 28.8 Å². The Kier molecular flexibility index (Phi) is 8.14. The molecular formula is C28H27N5O7. The van der Waals surface area contributed by atoms with Gasteiger partial charge >= 0.3 is 11.9 Å². The first-order valence-corrected chi connectivity index (χ1v) is 12.5. The predicted molar refractivity (Wildman–Crippen MR) is 142 cm³/mol. The minimum atomic E-state index is -1.10. The molecule has 0 aliphatic carbocycles. The summed E-state index contributed by atoms with van der Waals surface area (Å²) >= 11 is 0. The number of amides is 1. The van der Waals surface area contributed by atoms with E-state index in [2.05, 4.69) is 0 Å². The second-order valence-electron chi connectivity index (χ2n) is 9.18. The van der Waals surface area contributed by atoms with Crippen LogP contribution in [0.25, 0.3) is 0 Å². The van der Waals surface area contributed by atoms with Crippen LogP contribution in [0.1, 0.15) is 41.1 Å². The number of rotatable bonds is 6. The van der Waals surface area contributed by atoms with Gasteiger partial charge in [0.2, 0.25) is 0 Å². The second-order valence-corrected chi connectivity index (χ2v) is 9.18. The third kappa shape index (κ3) is 5.09. The molecule has 2 aliphatic rings. The first-order valence-electron chi connectivity index (χ1n) is 12.5. The van der Waals surface area contributed by atoms with E-state index in [0.29, 0.717) is 18.7 Å². The van der Waals surface area contributed by atoms with Crippen molar-refractivity contribution in [2.75, 3.05) is 32.2 Å². The number of likely N-dealkylation sites (tertiary alicyclic amines) is 1. The van der Waals surface area contributed by atoms with Crippen molar-refractivity contribution in [1.29, 1.82) is 5.26 Å². The van der Waals surface area contributed by atoms with Crippen molar-refractivity contribution in [1.82, 2.24) is 4.90 Å². The Morgan fingerprint density at radius 3 is 2.25 bits per heavy atom. The first kappa shape index (κ1) is 27.8. The summed E-state index contributed by atoms with van der Waals surface area (Å²) in [6, 6.07) is 14.1. The molecule has 0 aromatic heterocycles. The van der Waals surface area contributed by atoms with Gasteiger partial charge in [-0.05, 0) is 30.9 Å². The van der Waals surface area contributed by atoms with Crippen molar-refractivity contribution in [3.8, 4) is 6.07 Å². The summed E-state index contributed by atoms with van der Waals surface area (Å²) < 4.78 is 10.0. The highest BCUT2D eigenvalue weighted by atomic mass is 16.6. The first-order chi connectivity index (χ1) is 19.2. The van der Waals surface area contributed by atoms with Crippen LogP contribution in [0.4, 0.5) is 11.4 Å². The molecule has 0 bridgehead atoms. The summed E-state index contributed by atoms with van der Waals surface area (Å²) in [4.78, 5) is 53.7. The van der Waals surface area contributed by atoms with Gasteiger partial charge < -0.3 is 20.1 Å². The summed E-state index contributed by atoms with van der Waals surface area (Å²) in [7, 11) is 2.21. The van der Waals surface area contributed by atoms with Gasteiger partial charge in [-0.2, -0.15) is 5.26 Å². The molecule has 0 radical (unpaired) electrons. The van der Waals surface area contributed by atoms with E-state index in [4.69, 9.17) is 15.2 Å². The van der Waals surface area contributed by atoms with E-state index in [0.717, 1.165) is 50.5 Å². The number of nitro groups is 1. The lowest BCUT2D eigenvalue weighted by Gasteiger charge is -2.36. The summed E-state index contributed by atoms with van der Waals surface area (Å²) in [5, 5.41) is 22.1. The van der Waals surface area contributed by atoms with Crippen molar-refractivity contribution in [2.24, 2.45) is 5.73 Å². The predicted octanol–water partition coefficient (Wildman–Crippen LogP) is 3.12. The highest BCUT2D eigenvalue weighted by Gasteiger charge is 2.43. The summed E-state index contributed by atoms with van der Waals surface area (Å²) in [5.41, 5.74) is 5.70. The number of nitro benzene ring substituents is 1. The molecule has 2 heterocycles. The quantitative estimate of drug-likeness (QED) is 0.323. The van der Waals surface area contributed by atoms with Crippen LogP contribution >= 0.6 is 0 Å². The molecule has 1 fully saturated rings. The molecule has 2 aromatic rings. The van der Waals surface area contributed by atoms with Gasteiger partial charge in [0.25, 0.3) is 11.6 Å². The molecule has 1 atom stereocenters. The largest absolute Gasteiger partial charge is 0.466 e. The van der Waals surface area contributed by atoms with E-state index < -0.39 is 40.1 Å². The Morgan fingerprint density at radius 2 is 1.68 bits per heavy atom. The Balaban J connectivity index is 2.02. The molecule has 1 amide bonds. The Labute approximate surface area is 230 Å². The van der Waals surface area contributed by atoms with Gasteiger partial charge in [0.15, 0.2) is 0 Å². The number of hydrogen-bond donors (Lipinski definition) is 1. The fourth-order valence-electron chi connectivity index (χ4n) is 5.01. The van der Waals surface area contributed by atoms with E-state index in [1.807, 2.05) is 6.07 Å². The average Bonchev–Trinajstić information content (AvgIpc) is 2.99. The van der Waals surface area contributed by atoms with E-state index >= 15 is 0 Å². The second kappa shape index (κ2) is 11.7. The molecule has 12 heteroatoms. The number of benzene rings is 2. The van der Waals surface area contributed by atoms with Crippen LogP contribution in [0, 0.1) is 21.4 Å². The highest BCUT2D eigenvalue weighted by molar-refractivity contribution is 6.07. The number of nitrogens with zero attached hydrogens (tertiary/aromatic N) is 4. The van der Waals surface area contributed by atoms with Gasteiger partial charge in [0.05, 0.1) is 48.0 Å². The number of methoxy groups -OCH3 is 2. The van der Waals surface area contributed by atoms with Gasteiger partial charge in [-0.1, -0.05) is 30.3 Å². The van der Waals surface area contributed by atoms with Crippen LogP contribution in [0.3, 0.4) is 0 Å². The number of nitrogens with two attached hydrogens (primary N) is 1. The highest BCUT2D eigenvalue weighted by Crippen LogP contribution is 2.44. The van der Waals surface area contributed by atoms with Crippen LogP contribution in [0.2, 0.25) is 0 Å². The average molecular weight is 546 g/mol. The lowest BCUT2D eigenvalue weighted by atomic mass is 9.81. The molecule has 40 heavy (non-hydrogen) atoms. The topological polar surface area (TPSA) is 169 Å². The number of hydrogen-bond acceptors (Lipinski definition) is 10. The lowest BCUT2D eigenvalue weighted by Crippen LogP contribution is -2.41. The molecule has 0 spiro atoms. The lowest BCUT2D eigenvalue weighted by molar-refractivity contribution is -0.384. The summed E-state index contributed by atoms with van der Waals surface area (Å²) in [6.45, 7) is 1.000. The van der Waals surface area contributed by atoms with Crippen molar-refractivity contribution in [3.63, 3.8) is 0 Å². The zero-order valence-electron chi connectivity index (χ0n) is 22.0. The monoisotopic (exact) mass is 545 g/mol. The van der Waals surface area contributed by atoms with E-state index in [1.54, 1.807) is 35.2 Å². The molecule has 12 nitrogen and oxygen atoms in total. The van der Waals surface area contributed by atoms with Gasteiger partial charge in [-0.25, -0.2) is 9.59 Å². The fraction of sp³-hybridized carbons (Fsp3) is 0.286. The van der Waals surface area contributed by atoms with Gasteiger partial charge in [0.1, 0.15) is 11.5 Å². The maximum atomic E-state index is 13.4. The molecule has 0 saturated carbocycles. The van der Waals surface area contributed by atoms with Crippen molar-refractivity contribution >= 4 is 29.2 Å². The van der Waals surface area contributed by atoms with Crippen molar-refractivity contribution in [3.05, 3.63) is 92.4 Å². The van der Waals surface area contributed by atoms with Crippen LogP contribution in [0.15, 0.2) is 71.2 Å². The number of carbonyl (C=O) groups excluding carboxylic acids is 3. The van der Waals surface area contributed by atoms with Gasteiger partial charge in [0, 0.05) is 30.8 Å². The Morgan fingerprint density at radius 1 is 1.02 bits per heavy atom. The third-order valence-corrected chi connectivity index (χ3v) is 6.87. The van der Waals surface area contributed by atoms with Gasteiger partial charge in [-0.15, -0.1) is 0 Å². The minimum Gasteiger partial charge on any atom is -0.466 e. The number of ether oxygens (including phenoxy) is 2. The van der Waals surface area contributed by atoms with E-state index in [9.17, 15) is 29.8 Å². The SMILES string of the molecule is COC(=O)C1=C(C(=O)OC)N(c2cc(C(=O)N3CCCCC3)cc([N+](=O)[O-])c2)C(N)=C(C#N)C1c1ccccc1. The molecular weight excluding hydrogens is 518 g/mol. The molecule has 1 saturated heterocycles. The van der Waals surface area contributed by atoms with E-state index in [-0.39, 0.29) is 28.2 Å². The molecule has 206 valence electrons. The fourth-order valence-corrected chi connectivity index (χ4v) is 5.01. The Hall–Kier alpha value is -5.18. The maximum absolute atomic E-state index is 13.4. The molecule has 2 aromatic carbocycles. The van der Waals surface area contributed by atoms with Gasteiger partial charge in [-0.3, -0.25) is 19.8 Å². The Bertz CT molecular complexity index is 1470. The smallest absolute Gasteiger partial charge is 0.355 e. The number of anilines is 1. The van der Waals surface area contributed by atoms with Crippen molar-refractivity contribution in [2.45, 2.75) is 25.2 Å². The summed E-state index contributed by atoms with van der Waals surface area (Å²) in [6.07, 6.45) is 2.58. The van der Waals surface area contributed by atoms with Crippen LogP contribution in [-0.4, -0.2) is 55.0 Å². The number of piperidine rings is 1. The number of nitriles is 1. The zero-order chi connectivity index (χ0) is 29.0. The number of non-ortho nitro benzene ring substituents is 1. The van der Waals surface area contributed by atoms with E-state index in [1.165, 1.54) is 6.07 Å². The standard InChI is InChI=1S/C28H27N5O7/c1-39-27(35)23-22(17-9-5-3-6-10-17)21(16-29)25(30)32(24(23)28(36)40-2)19-13-18(14-20(15-19)33(37)38)26(34)31-11-7-4-8-12-31/h3,5-6,9-10,13-15,22H,4,7-8,11-12,30H2,1-2H3. The van der Waals surface area contributed by atoms with Crippen LogP contribution < -0.4 is 10.6 Å². The molecule has 4 rings (SSSR count). The number of carbonyl (C=O) groups is 3. The minimum absolute atomic E-state index is 0.00794. The number of allylic oxidation sites excluding steroid dienone is 1. The van der Waals surface area contributed by atoms with Crippen LogP contribution in [0.5, 0.6) is 0 Å².